The van der Waals surface area contributed by atoms with E-state index in [0.717, 1.165) is 22.4 Å². The molecule has 1 aromatic carbocycles. The van der Waals surface area contributed by atoms with Crippen LogP contribution in [0.2, 0.25) is 0 Å². The second-order valence-corrected chi connectivity index (χ2v) is 4.17. The Morgan fingerprint density at radius 3 is 2.63 bits per heavy atom. The summed E-state index contributed by atoms with van der Waals surface area (Å²) in [7, 11) is 1.88. The third-order valence-electron chi connectivity index (χ3n) is 2.83. The maximum Gasteiger partial charge on any atom is 0.163 e. The van der Waals surface area contributed by atoms with Crippen LogP contribution in [0, 0.1) is 5.82 Å². The number of benzene rings is 1. The molecule has 0 spiro atoms. The highest BCUT2D eigenvalue weighted by molar-refractivity contribution is 5.83. The Bertz CT molecular complexity index is 744. The number of fused-ring (bicyclic) bond motifs is 1. The van der Waals surface area contributed by atoms with Crippen LogP contribution in [0.5, 0.6) is 0 Å². The van der Waals surface area contributed by atoms with Crippen molar-refractivity contribution in [3.8, 4) is 0 Å². The average molecular weight is 254 g/mol. The summed E-state index contributed by atoms with van der Waals surface area (Å²) < 4.78 is 14.6. The molecular formula is C14H11FN4. The lowest BCUT2D eigenvalue weighted by molar-refractivity contribution is 0.628. The molecule has 3 aromatic rings. The van der Waals surface area contributed by atoms with Gasteiger partial charge >= 0.3 is 0 Å². The summed E-state index contributed by atoms with van der Waals surface area (Å²) in [5.74, 6) is -0.244. The second-order valence-electron chi connectivity index (χ2n) is 4.17. The molecule has 0 aliphatic heterocycles. The van der Waals surface area contributed by atoms with Crippen LogP contribution in [0.25, 0.3) is 23.3 Å². The molecule has 0 N–H and O–H groups in total. The lowest BCUT2D eigenvalue weighted by Crippen LogP contribution is -1.90. The van der Waals surface area contributed by atoms with Crippen molar-refractivity contribution in [1.29, 1.82) is 0 Å². The van der Waals surface area contributed by atoms with Crippen LogP contribution in [0.4, 0.5) is 4.39 Å². The van der Waals surface area contributed by atoms with Crippen LogP contribution in [-0.4, -0.2) is 19.5 Å². The first-order valence-corrected chi connectivity index (χ1v) is 5.80. The van der Waals surface area contributed by atoms with Crippen molar-refractivity contribution < 1.29 is 4.39 Å². The van der Waals surface area contributed by atoms with Crippen molar-refractivity contribution in [3.05, 3.63) is 54.0 Å². The van der Waals surface area contributed by atoms with E-state index in [9.17, 15) is 4.39 Å². The molecule has 0 aliphatic rings. The zero-order valence-corrected chi connectivity index (χ0v) is 10.3. The molecule has 5 heteroatoms. The van der Waals surface area contributed by atoms with E-state index in [1.54, 1.807) is 18.5 Å². The van der Waals surface area contributed by atoms with Gasteiger partial charge in [-0.15, -0.1) is 0 Å². The Morgan fingerprint density at radius 2 is 1.84 bits per heavy atom. The maximum atomic E-state index is 12.8. The number of halogens is 1. The quantitative estimate of drug-likeness (QED) is 0.706. The van der Waals surface area contributed by atoms with Crippen molar-refractivity contribution >= 4 is 23.3 Å². The van der Waals surface area contributed by atoms with Crippen LogP contribution in [0.1, 0.15) is 11.3 Å². The number of hydrogen-bond acceptors (Lipinski definition) is 3. The molecule has 0 saturated heterocycles. The predicted molar refractivity (Wildman–Crippen MR) is 71.6 cm³/mol. The summed E-state index contributed by atoms with van der Waals surface area (Å²) in [5.41, 5.74) is 3.19. The van der Waals surface area contributed by atoms with E-state index >= 15 is 0 Å². The molecule has 0 atom stereocenters. The average Bonchev–Trinajstić information content (AvgIpc) is 2.81. The zero-order valence-electron chi connectivity index (χ0n) is 10.3. The topological polar surface area (TPSA) is 43.6 Å². The van der Waals surface area contributed by atoms with Gasteiger partial charge in [0, 0.05) is 7.05 Å². The smallest absolute Gasteiger partial charge is 0.163 e. The first-order chi connectivity index (χ1) is 9.24. The summed E-state index contributed by atoms with van der Waals surface area (Å²) in [6.07, 6.45) is 6.93. The number of nitrogens with zero attached hydrogens (tertiary/aromatic N) is 4. The third kappa shape index (κ3) is 2.22. The molecule has 0 unspecified atom stereocenters. The maximum absolute atomic E-state index is 12.8. The summed E-state index contributed by atoms with van der Waals surface area (Å²) in [6, 6.07) is 6.28. The molecule has 4 nitrogen and oxygen atoms in total. The number of imidazole rings is 1. The van der Waals surface area contributed by atoms with Gasteiger partial charge in [0.25, 0.3) is 0 Å². The number of hydrogen-bond donors (Lipinski definition) is 0. The van der Waals surface area contributed by atoms with Gasteiger partial charge in [-0.05, 0) is 23.8 Å². The van der Waals surface area contributed by atoms with Gasteiger partial charge in [0.1, 0.15) is 17.7 Å². The lowest BCUT2D eigenvalue weighted by atomic mass is 10.2. The molecular weight excluding hydrogens is 243 g/mol. The fourth-order valence-corrected chi connectivity index (χ4v) is 1.83. The lowest BCUT2D eigenvalue weighted by Gasteiger charge is -1.96. The van der Waals surface area contributed by atoms with Gasteiger partial charge in [0.15, 0.2) is 5.65 Å². The monoisotopic (exact) mass is 254 g/mol. The first kappa shape index (κ1) is 11.5. The molecule has 0 bridgehead atoms. The van der Waals surface area contributed by atoms with Crippen LogP contribution in [0.15, 0.2) is 36.9 Å². The summed E-state index contributed by atoms with van der Waals surface area (Å²) in [4.78, 5) is 12.7. The molecule has 3 rings (SSSR count). The van der Waals surface area contributed by atoms with E-state index in [1.165, 1.54) is 18.5 Å². The Balaban J connectivity index is 1.99. The van der Waals surface area contributed by atoms with E-state index in [-0.39, 0.29) is 5.82 Å². The van der Waals surface area contributed by atoms with Crippen molar-refractivity contribution in [3.63, 3.8) is 0 Å². The summed E-state index contributed by atoms with van der Waals surface area (Å²) in [5, 5.41) is 0. The highest BCUT2D eigenvalue weighted by Crippen LogP contribution is 2.14. The molecule has 0 aliphatic carbocycles. The molecule has 0 radical (unpaired) electrons. The van der Waals surface area contributed by atoms with Crippen LogP contribution >= 0.6 is 0 Å². The van der Waals surface area contributed by atoms with Gasteiger partial charge in [-0.3, -0.25) is 0 Å². The molecule has 0 saturated carbocycles. The fraction of sp³-hybridized carbons (Fsp3) is 0.0714. The standard InChI is InChI=1S/C14H11FN4/c1-19-9-18-13-12(16-8-17-14(13)19)7-4-10-2-5-11(15)6-3-10/h2-9H,1H3. The Labute approximate surface area is 109 Å². The summed E-state index contributed by atoms with van der Waals surface area (Å²) >= 11 is 0. The minimum Gasteiger partial charge on any atom is -0.318 e. The molecule has 0 amide bonds. The van der Waals surface area contributed by atoms with Crippen molar-refractivity contribution in [2.24, 2.45) is 7.05 Å². The van der Waals surface area contributed by atoms with Crippen LogP contribution in [0.3, 0.4) is 0 Å². The minimum absolute atomic E-state index is 0.244. The van der Waals surface area contributed by atoms with E-state index in [0.29, 0.717) is 0 Å². The van der Waals surface area contributed by atoms with Gasteiger partial charge < -0.3 is 4.57 Å². The molecule has 2 heterocycles. The Kier molecular flexibility index (Phi) is 2.79. The largest absolute Gasteiger partial charge is 0.318 e. The fourth-order valence-electron chi connectivity index (χ4n) is 1.83. The van der Waals surface area contributed by atoms with Gasteiger partial charge in [-0.1, -0.05) is 18.2 Å². The van der Waals surface area contributed by atoms with Gasteiger partial charge in [-0.2, -0.15) is 0 Å². The second kappa shape index (κ2) is 4.61. The van der Waals surface area contributed by atoms with Crippen molar-refractivity contribution in [2.45, 2.75) is 0 Å². The SMILES string of the molecule is Cn1cnc2c(C=Cc3ccc(F)cc3)ncnc21. The molecule has 19 heavy (non-hydrogen) atoms. The Hall–Kier alpha value is -2.56. The number of rotatable bonds is 2. The predicted octanol–water partition coefficient (Wildman–Crippen LogP) is 2.67. The molecule has 2 aromatic heterocycles. The van der Waals surface area contributed by atoms with E-state index in [1.807, 2.05) is 23.8 Å². The van der Waals surface area contributed by atoms with Crippen molar-refractivity contribution in [1.82, 2.24) is 19.5 Å². The van der Waals surface area contributed by atoms with E-state index in [4.69, 9.17) is 0 Å². The molecule has 0 fully saturated rings. The third-order valence-corrected chi connectivity index (χ3v) is 2.83. The van der Waals surface area contributed by atoms with Gasteiger partial charge in [0.05, 0.1) is 12.0 Å². The minimum atomic E-state index is -0.244. The highest BCUT2D eigenvalue weighted by Gasteiger charge is 2.05. The number of aryl methyl sites for hydroxylation is 1. The zero-order chi connectivity index (χ0) is 13.2. The normalized spacial score (nSPS) is 11.5. The van der Waals surface area contributed by atoms with E-state index < -0.39 is 0 Å². The van der Waals surface area contributed by atoms with Crippen LogP contribution < -0.4 is 0 Å². The van der Waals surface area contributed by atoms with Crippen molar-refractivity contribution in [2.75, 3.05) is 0 Å². The summed E-state index contributed by atoms with van der Waals surface area (Å²) in [6.45, 7) is 0. The molecule has 94 valence electrons. The van der Waals surface area contributed by atoms with Crippen LogP contribution in [-0.2, 0) is 7.05 Å². The first-order valence-electron chi connectivity index (χ1n) is 5.80. The van der Waals surface area contributed by atoms with Gasteiger partial charge in [0.2, 0.25) is 0 Å². The number of aromatic nitrogens is 4. The highest BCUT2D eigenvalue weighted by atomic mass is 19.1. The van der Waals surface area contributed by atoms with Gasteiger partial charge in [-0.25, -0.2) is 19.3 Å². The Morgan fingerprint density at radius 1 is 1.05 bits per heavy atom. The van der Waals surface area contributed by atoms with E-state index in [2.05, 4.69) is 15.0 Å².